The van der Waals surface area contributed by atoms with E-state index in [2.05, 4.69) is 13.8 Å². The molecule has 0 saturated carbocycles. The van der Waals surface area contributed by atoms with Gasteiger partial charge in [0.2, 0.25) is 0 Å². The van der Waals surface area contributed by atoms with E-state index in [1.165, 1.54) is 12.8 Å². The minimum absolute atomic E-state index is 0. The molecule has 0 N–H and O–H groups in total. The Labute approximate surface area is 59.2 Å². The van der Waals surface area contributed by atoms with Crippen molar-refractivity contribution in [2.75, 3.05) is 0 Å². The molecule has 0 aromatic heterocycles. The Kier molecular flexibility index (Phi) is 115. The van der Waals surface area contributed by atoms with Gasteiger partial charge in [0, 0.05) is 0 Å². The molecule has 0 aromatic rings. The fourth-order valence-corrected chi connectivity index (χ4v) is 0. The summed E-state index contributed by atoms with van der Waals surface area (Å²) in [6, 6.07) is 0. The molecule has 0 aliphatic heterocycles. The minimum Gasteiger partial charge on any atom is -0.358 e. The smallest absolute Gasteiger partial charge is 0.358 e. The van der Waals surface area contributed by atoms with E-state index in [0.29, 0.717) is 0 Å². The van der Waals surface area contributed by atoms with Crippen LogP contribution in [-0.2, 0) is 17.1 Å². The quantitative estimate of drug-likeness (QED) is 0.392. The van der Waals surface area contributed by atoms with E-state index in [9.17, 15) is 0 Å². The van der Waals surface area contributed by atoms with Gasteiger partial charge in [0.1, 0.15) is 0 Å². The summed E-state index contributed by atoms with van der Waals surface area (Å²) in [7, 11) is 0. The van der Waals surface area contributed by atoms with Crippen molar-refractivity contribution >= 4 is 0 Å². The van der Waals surface area contributed by atoms with Crippen molar-refractivity contribution in [2.24, 2.45) is 0 Å². The summed E-state index contributed by atoms with van der Waals surface area (Å²) in [4.78, 5) is 0. The van der Waals surface area contributed by atoms with Crippen LogP contribution in [0, 0.1) is 14.9 Å². The van der Waals surface area contributed by atoms with Crippen LogP contribution in [0.4, 0.5) is 0 Å². The Morgan fingerprint density at radius 1 is 0.857 bits per heavy atom. The van der Waals surface area contributed by atoms with E-state index >= 15 is 0 Å². The Morgan fingerprint density at radius 3 is 1.00 bits per heavy atom. The first-order valence-corrected chi connectivity index (χ1v) is 1.91. The molecule has 0 atom stereocenters. The minimum atomic E-state index is 0. The molecule has 0 saturated heterocycles. The zero-order valence-corrected chi connectivity index (χ0v) is 6.87. The van der Waals surface area contributed by atoms with Crippen LogP contribution < -0.4 is 0 Å². The number of rotatable bonds is 1. The van der Waals surface area contributed by atoms with Crippen LogP contribution in [0.15, 0.2) is 0 Å². The number of unbranched alkanes of at least 4 members (excludes halogenated alkanes) is 1. The van der Waals surface area contributed by atoms with Crippen LogP contribution in [0.2, 0.25) is 0 Å². The summed E-state index contributed by atoms with van der Waals surface area (Å²) in [5.41, 5.74) is 0. The molecule has 0 amide bonds. The maximum Gasteiger partial charge on any atom is 2.00 e. The van der Waals surface area contributed by atoms with E-state index in [1.807, 2.05) is 0 Å². The molecule has 48 valence electrons. The van der Waals surface area contributed by atoms with Crippen LogP contribution >= 0.6 is 0 Å². The molecular weight excluding hydrogens is 128 g/mol. The Hall–Kier alpha value is 0.519. The van der Waals surface area contributed by atoms with Crippen molar-refractivity contribution in [1.29, 1.82) is 0 Å². The van der Waals surface area contributed by atoms with Gasteiger partial charge < -0.3 is 14.9 Å². The summed E-state index contributed by atoms with van der Waals surface area (Å²) < 4.78 is 0. The fourth-order valence-electron chi connectivity index (χ4n) is 0. The van der Waals surface area contributed by atoms with E-state index in [0.717, 1.165) is 0 Å². The number of hydrogen-bond acceptors (Lipinski definition) is 0. The van der Waals surface area contributed by atoms with Gasteiger partial charge in [-0.15, -0.1) is 0 Å². The second-order valence-electron chi connectivity index (χ2n) is 1.000. The van der Waals surface area contributed by atoms with E-state index in [-0.39, 0.29) is 31.9 Å². The standard InChI is InChI=1S/C4H10.2CH3.Fe/c1-3-4-2;;;/h3-4H2,1-2H3;2*1H3;/q;2*-1;+2. The molecular formula is C6H16Fe. The third kappa shape index (κ3) is 57.7. The fraction of sp³-hybridized carbons (Fsp3) is 0.667. The Morgan fingerprint density at radius 2 is 1.00 bits per heavy atom. The molecule has 0 aliphatic rings. The Bertz CT molecular complexity index is 6.14. The normalized spacial score (nSPS) is 4.29. The van der Waals surface area contributed by atoms with Crippen LogP contribution in [0.25, 0.3) is 0 Å². The third-order valence-corrected chi connectivity index (χ3v) is 0.500. The van der Waals surface area contributed by atoms with E-state index in [1.54, 1.807) is 0 Å². The van der Waals surface area contributed by atoms with Gasteiger partial charge in [0.25, 0.3) is 0 Å². The van der Waals surface area contributed by atoms with Gasteiger partial charge in [-0.2, -0.15) is 0 Å². The van der Waals surface area contributed by atoms with Gasteiger partial charge in [-0.05, 0) is 0 Å². The first kappa shape index (κ1) is 25.8. The SMILES string of the molecule is CCCC.[CH3-].[CH3-].[Fe+2]. The summed E-state index contributed by atoms with van der Waals surface area (Å²) in [5, 5.41) is 0. The van der Waals surface area contributed by atoms with Gasteiger partial charge in [-0.1, -0.05) is 26.7 Å². The topological polar surface area (TPSA) is 0 Å². The molecule has 1 heteroatoms. The molecule has 0 nitrogen and oxygen atoms in total. The van der Waals surface area contributed by atoms with Crippen LogP contribution in [-0.4, -0.2) is 0 Å². The second-order valence-corrected chi connectivity index (χ2v) is 1.000. The van der Waals surface area contributed by atoms with Gasteiger partial charge in [-0.3, -0.25) is 0 Å². The van der Waals surface area contributed by atoms with Crippen molar-refractivity contribution in [3.05, 3.63) is 14.9 Å². The van der Waals surface area contributed by atoms with Crippen LogP contribution in [0.5, 0.6) is 0 Å². The molecule has 0 aromatic carbocycles. The first-order valence-electron chi connectivity index (χ1n) is 1.91. The van der Waals surface area contributed by atoms with Crippen molar-refractivity contribution in [1.82, 2.24) is 0 Å². The van der Waals surface area contributed by atoms with E-state index < -0.39 is 0 Å². The maximum absolute atomic E-state index is 2.18. The summed E-state index contributed by atoms with van der Waals surface area (Å²) in [6.07, 6.45) is 2.64. The molecule has 7 heavy (non-hydrogen) atoms. The maximum atomic E-state index is 2.18. The molecule has 0 rings (SSSR count). The van der Waals surface area contributed by atoms with Crippen molar-refractivity contribution < 1.29 is 17.1 Å². The zero-order chi connectivity index (χ0) is 3.41. The predicted octanol–water partition coefficient (Wildman–Crippen LogP) is 2.70. The van der Waals surface area contributed by atoms with Crippen LogP contribution in [0.3, 0.4) is 0 Å². The Balaban J connectivity index is -0.0000000150. The largest absolute Gasteiger partial charge is 2.00 e. The molecule has 0 bridgehead atoms. The third-order valence-electron chi connectivity index (χ3n) is 0.500. The van der Waals surface area contributed by atoms with E-state index in [4.69, 9.17) is 0 Å². The first-order chi connectivity index (χ1) is 1.91. The molecule has 0 aliphatic carbocycles. The van der Waals surface area contributed by atoms with Crippen molar-refractivity contribution in [3.63, 3.8) is 0 Å². The average Bonchev–Trinajstić information content (AvgIpc) is 1.37. The molecule has 0 fully saturated rings. The molecule has 0 spiro atoms. The second kappa shape index (κ2) is 31.3. The molecule has 0 unspecified atom stereocenters. The summed E-state index contributed by atoms with van der Waals surface area (Å²) in [6.45, 7) is 4.36. The number of hydrogen-bond donors (Lipinski definition) is 0. The van der Waals surface area contributed by atoms with Gasteiger partial charge >= 0.3 is 17.1 Å². The summed E-state index contributed by atoms with van der Waals surface area (Å²) >= 11 is 0. The monoisotopic (exact) mass is 144 g/mol. The van der Waals surface area contributed by atoms with Crippen LogP contribution in [0.1, 0.15) is 26.7 Å². The predicted molar refractivity (Wildman–Crippen MR) is 33.4 cm³/mol. The zero-order valence-electron chi connectivity index (χ0n) is 5.77. The van der Waals surface area contributed by atoms with Crippen molar-refractivity contribution in [2.45, 2.75) is 26.7 Å². The van der Waals surface area contributed by atoms with Gasteiger partial charge in [0.15, 0.2) is 0 Å². The van der Waals surface area contributed by atoms with Gasteiger partial charge in [0.05, 0.1) is 0 Å². The van der Waals surface area contributed by atoms with Crippen molar-refractivity contribution in [3.8, 4) is 0 Å². The molecule has 0 radical (unpaired) electrons. The summed E-state index contributed by atoms with van der Waals surface area (Å²) in [5.74, 6) is 0. The molecule has 0 heterocycles. The van der Waals surface area contributed by atoms with Gasteiger partial charge in [-0.25, -0.2) is 0 Å². The average molecular weight is 144 g/mol.